The molecule has 1 heterocycles. The van der Waals surface area contributed by atoms with Crippen molar-refractivity contribution in [3.63, 3.8) is 0 Å². The minimum atomic E-state index is -0.848. The number of aromatic nitrogens is 2. The number of fused-ring (bicyclic) bond motifs is 1. The van der Waals surface area contributed by atoms with Gasteiger partial charge in [-0.05, 0) is 49.1 Å². The third kappa shape index (κ3) is 4.45. The van der Waals surface area contributed by atoms with Gasteiger partial charge in [0.15, 0.2) is 0 Å². The molecule has 2 N–H and O–H groups in total. The van der Waals surface area contributed by atoms with Crippen molar-refractivity contribution in [1.82, 2.24) is 9.78 Å². The van der Waals surface area contributed by atoms with Crippen LogP contribution in [0.1, 0.15) is 24.6 Å². The highest BCUT2D eigenvalue weighted by atomic mass is 16.5. The minimum Gasteiger partial charge on any atom is -0.491 e. The quantitative estimate of drug-likeness (QED) is 0.820. The highest BCUT2D eigenvalue weighted by Gasteiger charge is 2.16. The Hall–Kier alpha value is -2.67. The molecule has 0 radical (unpaired) electrons. The first-order valence-electron chi connectivity index (χ1n) is 8.30. The molecule has 3 rings (SSSR count). The first-order chi connectivity index (χ1) is 12.0. The van der Waals surface area contributed by atoms with Crippen LogP contribution in [0.25, 0.3) is 0 Å². The van der Waals surface area contributed by atoms with Crippen LogP contribution in [-0.4, -0.2) is 33.5 Å². The second kappa shape index (κ2) is 7.48. The number of carbonyl (C=O) groups excluding carboxylic acids is 1. The van der Waals surface area contributed by atoms with Crippen molar-refractivity contribution in [2.24, 2.45) is 0 Å². The average molecular weight is 343 g/mol. The van der Waals surface area contributed by atoms with Crippen molar-refractivity contribution < 1.29 is 14.6 Å². The molecule has 1 amide bonds. The number of hydrogen-bond acceptors (Lipinski definition) is 5. The summed E-state index contributed by atoms with van der Waals surface area (Å²) in [7, 11) is 0. The molecule has 0 saturated heterocycles. The fourth-order valence-corrected chi connectivity index (χ4v) is 2.85. The van der Waals surface area contributed by atoms with Crippen LogP contribution in [0, 0.1) is 0 Å². The van der Waals surface area contributed by atoms with E-state index in [1.807, 2.05) is 0 Å². The largest absolute Gasteiger partial charge is 0.491 e. The summed E-state index contributed by atoms with van der Waals surface area (Å²) >= 11 is 0. The Morgan fingerprint density at radius 3 is 2.84 bits per heavy atom. The van der Waals surface area contributed by atoms with Crippen molar-refractivity contribution in [2.75, 3.05) is 11.9 Å². The van der Waals surface area contributed by atoms with Crippen molar-refractivity contribution in [2.45, 2.75) is 38.8 Å². The third-order valence-corrected chi connectivity index (χ3v) is 4.02. The topological polar surface area (TPSA) is 93.4 Å². The summed E-state index contributed by atoms with van der Waals surface area (Å²) < 4.78 is 6.83. The number of hydrogen-bond donors (Lipinski definition) is 2. The maximum absolute atomic E-state index is 12.0. The van der Waals surface area contributed by atoms with Crippen molar-refractivity contribution in [3.05, 3.63) is 51.9 Å². The van der Waals surface area contributed by atoms with E-state index in [0.29, 0.717) is 11.4 Å². The lowest BCUT2D eigenvalue weighted by molar-refractivity contribution is -0.114. The number of carbonyl (C=O) groups is 1. The zero-order chi connectivity index (χ0) is 17.8. The number of nitrogens with zero attached hydrogens (tertiary/aromatic N) is 2. The Kier molecular flexibility index (Phi) is 5.14. The number of aryl methyl sites for hydroxylation is 2. The maximum atomic E-state index is 12.0. The molecule has 1 unspecified atom stereocenters. The summed E-state index contributed by atoms with van der Waals surface area (Å²) in [6.45, 7) is 1.58. The van der Waals surface area contributed by atoms with E-state index >= 15 is 0 Å². The third-order valence-electron chi connectivity index (χ3n) is 4.02. The van der Waals surface area contributed by atoms with Gasteiger partial charge in [0.25, 0.3) is 5.56 Å². The number of anilines is 1. The molecular formula is C18H21N3O4. The molecule has 1 aromatic carbocycles. The number of aliphatic hydroxyl groups is 1. The van der Waals surface area contributed by atoms with E-state index in [2.05, 4.69) is 10.4 Å². The van der Waals surface area contributed by atoms with Gasteiger partial charge >= 0.3 is 0 Å². The number of nitrogens with one attached hydrogen (secondary N) is 1. The highest BCUT2D eigenvalue weighted by molar-refractivity contribution is 5.88. The average Bonchev–Trinajstić information content (AvgIpc) is 3.01. The van der Waals surface area contributed by atoms with Gasteiger partial charge < -0.3 is 15.2 Å². The second-order valence-corrected chi connectivity index (χ2v) is 6.16. The van der Waals surface area contributed by atoms with E-state index in [-0.39, 0.29) is 24.6 Å². The normalized spacial score (nSPS) is 14.0. The molecule has 132 valence electrons. The molecule has 7 heteroatoms. The molecule has 1 atom stereocenters. The van der Waals surface area contributed by atoms with Crippen molar-refractivity contribution in [1.29, 1.82) is 0 Å². The molecule has 1 aliphatic carbocycles. The summed E-state index contributed by atoms with van der Waals surface area (Å²) in [4.78, 5) is 23.0. The zero-order valence-electron chi connectivity index (χ0n) is 14.1. The first-order valence-corrected chi connectivity index (χ1v) is 8.30. The van der Waals surface area contributed by atoms with Crippen LogP contribution >= 0.6 is 0 Å². The van der Waals surface area contributed by atoms with E-state index in [1.54, 1.807) is 30.3 Å². The van der Waals surface area contributed by atoms with E-state index in [1.165, 1.54) is 11.6 Å². The second-order valence-electron chi connectivity index (χ2n) is 6.16. The van der Waals surface area contributed by atoms with Gasteiger partial charge in [0, 0.05) is 18.7 Å². The fourth-order valence-electron chi connectivity index (χ4n) is 2.85. The molecule has 2 aromatic rings. The number of ether oxygens (including phenoxy) is 1. The molecule has 0 fully saturated rings. The van der Waals surface area contributed by atoms with Crippen LogP contribution in [0.2, 0.25) is 0 Å². The summed E-state index contributed by atoms with van der Waals surface area (Å²) in [6, 6.07) is 8.46. The van der Waals surface area contributed by atoms with E-state index in [0.717, 1.165) is 30.5 Å². The van der Waals surface area contributed by atoms with E-state index in [4.69, 9.17) is 4.74 Å². The van der Waals surface area contributed by atoms with E-state index in [9.17, 15) is 14.7 Å². The van der Waals surface area contributed by atoms with Gasteiger partial charge in [0.2, 0.25) is 5.91 Å². The van der Waals surface area contributed by atoms with Crippen LogP contribution in [0.5, 0.6) is 5.75 Å². The number of rotatable bonds is 6. The molecule has 0 aliphatic heterocycles. The van der Waals surface area contributed by atoms with Gasteiger partial charge in [-0.2, -0.15) is 5.10 Å². The summed E-state index contributed by atoms with van der Waals surface area (Å²) in [5, 5.41) is 17.1. The lowest BCUT2D eigenvalue weighted by Gasteiger charge is -2.14. The Morgan fingerprint density at radius 2 is 2.12 bits per heavy atom. The predicted molar refractivity (Wildman–Crippen MR) is 92.8 cm³/mol. The van der Waals surface area contributed by atoms with Crippen molar-refractivity contribution in [3.8, 4) is 5.75 Å². The smallest absolute Gasteiger partial charge is 0.267 e. The Balaban J connectivity index is 1.55. The molecular weight excluding hydrogens is 322 g/mol. The van der Waals surface area contributed by atoms with Gasteiger partial charge in [-0.15, -0.1) is 0 Å². The summed E-state index contributed by atoms with van der Waals surface area (Å²) in [5.74, 6) is 0.429. The van der Waals surface area contributed by atoms with Crippen LogP contribution in [0.3, 0.4) is 0 Å². The standard InChI is InChI=1S/C18H21N3O4/c1-12(22)19-14-5-7-16(8-6-14)25-11-15(23)10-21-18(24)9-13-3-2-4-17(13)20-21/h5-9,15,23H,2-4,10-11H2,1H3,(H,19,22). The maximum Gasteiger partial charge on any atom is 0.267 e. The molecule has 1 aliphatic rings. The molecule has 0 spiro atoms. The summed E-state index contributed by atoms with van der Waals surface area (Å²) in [6.07, 6.45) is 1.95. The molecule has 0 bridgehead atoms. The fraction of sp³-hybridized carbons (Fsp3) is 0.389. The van der Waals surface area contributed by atoms with Crippen LogP contribution in [-0.2, 0) is 24.2 Å². The molecule has 0 saturated carbocycles. The Labute approximate surface area is 145 Å². The Morgan fingerprint density at radius 1 is 1.36 bits per heavy atom. The minimum absolute atomic E-state index is 0.0463. The van der Waals surface area contributed by atoms with Crippen LogP contribution in [0.4, 0.5) is 5.69 Å². The van der Waals surface area contributed by atoms with E-state index < -0.39 is 6.10 Å². The lowest BCUT2D eigenvalue weighted by atomic mass is 10.2. The predicted octanol–water partition coefficient (Wildman–Crippen LogP) is 1.13. The SMILES string of the molecule is CC(=O)Nc1ccc(OCC(O)Cn2nc3c(cc2=O)CCC3)cc1. The highest BCUT2D eigenvalue weighted by Crippen LogP contribution is 2.17. The van der Waals surface area contributed by atoms with Crippen LogP contribution in [0.15, 0.2) is 35.1 Å². The first kappa shape index (κ1) is 17.2. The van der Waals surface area contributed by atoms with Crippen LogP contribution < -0.4 is 15.6 Å². The lowest BCUT2D eigenvalue weighted by Crippen LogP contribution is -2.32. The number of benzene rings is 1. The van der Waals surface area contributed by atoms with Gasteiger partial charge in [-0.3, -0.25) is 9.59 Å². The monoisotopic (exact) mass is 343 g/mol. The number of amides is 1. The van der Waals surface area contributed by atoms with Gasteiger partial charge in [0.1, 0.15) is 18.5 Å². The molecule has 25 heavy (non-hydrogen) atoms. The summed E-state index contributed by atoms with van der Waals surface area (Å²) in [5.41, 5.74) is 2.45. The van der Waals surface area contributed by atoms with Crippen molar-refractivity contribution >= 4 is 11.6 Å². The van der Waals surface area contributed by atoms with Gasteiger partial charge in [-0.1, -0.05) is 0 Å². The molecule has 7 nitrogen and oxygen atoms in total. The van der Waals surface area contributed by atoms with Gasteiger partial charge in [0.05, 0.1) is 12.2 Å². The molecule has 1 aromatic heterocycles. The zero-order valence-corrected chi connectivity index (χ0v) is 14.1. The van der Waals surface area contributed by atoms with Gasteiger partial charge in [-0.25, -0.2) is 4.68 Å². The number of aliphatic hydroxyl groups excluding tert-OH is 1. The Bertz CT molecular complexity index is 814.